The van der Waals surface area contributed by atoms with Crippen LogP contribution in [0.1, 0.15) is 10.4 Å². The number of hydrogen-bond donors (Lipinski definition) is 2. The van der Waals surface area contributed by atoms with Gasteiger partial charge in [0.2, 0.25) is 5.91 Å². The van der Waals surface area contributed by atoms with Gasteiger partial charge < -0.3 is 15.4 Å². The molecule has 2 N–H and O–H groups in total. The molecule has 0 fully saturated rings. The van der Waals surface area contributed by atoms with Gasteiger partial charge in [0.05, 0.1) is 29.8 Å². The third-order valence-electron chi connectivity index (χ3n) is 4.74. The predicted octanol–water partition coefficient (Wildman–Crippen LogP) is 4.40. The number of para-hydroxylation sites is 3. The lowest BCUT2D eigenvalue weighted by Gasteiger charge is -2.12. The zero-order valence-corrected chi connectivity index (χ0v) is 18.9. The molecule has 10 heteroatoms. The molecule has 1 aromatic heterocycles. The van der Waals surface area contributed by atoms with Gasteiger partial charge in [-0.15, -0.1) is 10.2 Å². The van der Waals surface area contributed by atoms with Gasteiger partial charge in [0, 0.05) is 5.69 Å². The lowest BCUT2D eigenvalue weighted by atomic mass is 10.1. The fourth-order valence-electron chi connectivity index (χ4n) is 3.16. The first kappa shape index (κ1) is 23.0. The van der Waals surface area contributed by atoms with E-state index in [4.69, 9.17) is 4.74 Å². The average molecular weight is 478 g/mol. The van der Waals surface area contributed by atoms with Gasteiger partial charge in [0.1, 0.15) is 17.9 Å². The van der Waals surface area contributed by atoms with Crippen molar-refractivity contribution in [2.45, 2.75) is 5.16 Å². The first-order valence-corrected chi connectivity index (χ1v) is 11.2. The zero-order chi connectivity index (χ0) is 23.9. The van der Waals surface area contributed by atoms with Crippen molar-refractivity contribution in [1.82, 2.24) is 14.8 Å². The minimum atomic E-state index is -0.425. The first-order valence-electron chi connectivity index (χ1n) is 10.2. The van der Waals surface area contributed by atoms with Crippen molar-refractivity contribution in [3.63, 3.8) is 0 Å². The van der Waals surface area contributed by atoms with Crippen molar-refractivity contribution in [2.24, 2.45) is 0 Å². The molecule has 0 radical (unpaired) electrons. The van der Waals surface area contributed by atoms with Gasteiger partial charge in [-0.2, -0.15) is 0 Å². The maximum Gasteiger partial charge on any atom is 0.257 e. The molecule has 3 aromatic carbocycles. The molecule has 4 aromatic rings. The van der Waals surface area contributed by atoms with Gasteiger partial charge in [0.25, 0.3) is 5.91 Å². The van der Waals surface area contributed by atoms with Crippen LogP contribution < -0.4 is 15.4 Å². The molecule has 0 aliphatic heterocycles. The molecule has 0 spiro atoms. The molecule has 8 nitrogen and oxygen atoms in total. The highest BCUT2D eigenvalue weighted by molar-refractivity contribution is 7.99. The van der Waals surface area contributed by atoms with Gasteiger partial charge in [-0.05, 0) is 48.5 Å². The van der Waals surface area contributed by atoms with E-state index in [1.54, 1.807) is 42.3 Å². The number of carbonyl (C=O) groups excluding carboxylic acids is 2. The van der Waals surface area contributed by atoms with Gasteiger partial charge in [-0.1, -0.05) is 36.0 Å². The summed E-state index contributed by atoms with van der Waals surface area (Å²) in [6, 6.07) is 19.5. The van der Waals surface area contributed by atoms with Crippen LogP contribution in [-0.4, -0.2) is 39.4 Å². The van der Waals surface area contributed by atoms with Gasteiger partial charge >= 0.3 is 0 Å². The minimum absolute atomic E-state index is 0.0434. The van der Waals surface area contributed by atoms with Crippen LogP contribution >= 0.6 is 11.8 Å². The van der Waals surface area contributed by atoms with E-state index in [1.165, 1.54) is 36.0 Å². The lowest BCUT2D eigenvalue weighted by molar-refractivity contribution is -0.113. The van der Waals surface area contributed by atoms with Gasteiger partial charge in [-0.3, -0.25) is 14.2 Å². The molecular formula is C24H20FN5O3S. The number of nitrogens with one attached hydrogen (secondary N) is 2. The number of benzene rings is 3. The Balaban J connectivity index is 1.43. The third-order valence-corrected chi connectivity index (χ3v) is 5.68. The predicted molar refractivity (Wildman–Crippen MR) is 128 cm³/mol. The molecule has 0 aliphatic rings. The maximum absolute atomic E-state index is 13.1. The first-order chi connectivity index (χ1) is 16.5. The molecule has 34 heavy (non-hydrogen) atoms. The van der Waals surface area contributed by atoms with Crippen LogP contribution in [0.3, 0.4) is 0 Å². The number of amides is 2. The molecule has 0 aliphatic carbocycles. The number of aromatic nitrogens is 3. The Bertz CT molecular complexity index is 1310. The molecule has 0 saturated heterocycles. The van der Waals surface area contributed by atoms with Crippen LogP contribution in [-0.2, 0) is 4.79 Å². The van der Waals surface area contributed by atoms with Crippen molar-refractivity contribution in [3.05, 3.63) is 90.5 Å². The Kier molecular flexibility index (Phi) is 7.19. The highest BCUT2D eigenvalue weighted by Gasteiger charge is 2.16. The highest BCUT2D eigenvalue weighted by Crippen LogP contribution is 2.27. The van der Waals surface area contributed by atoms with Crippen LogP contribution in [0.4, 0.5) is 15.8 Å². The molecule has 4 rings (SSSR count). The fraction of sp³-hybridized carbons (Fsp3) is 0.0833. The second-order valence-electron chi connectivity index (χ2n) is 7.00. The SMILES string of the molecule is COc1ccccc1-n1cnnc1SCC(=O)Nc1ccccc1C(=O)Nc1ccc(F)cc1. The number of rotatable bonds is 8. The van der Waals surface area contributed by atoms with Crippen molar-refractivity contribution in [3.8, 4) is 11.4 Å². The van der Waals surface area contributed by atoms with Crippen LogP contribution in [0.5, 0.6) is 5.75 Å². The fourth-order valence-corrected chi connectivity index (χ4v) is 3.88. The van der Waals surface area contributed by atoms with E-state index < -0.39 is 11.7 Å². The van der Waals surface area contributed by atoms with E-state index in [0.29, 0.717) is 22.3 Å². The molecule has 0 atom stereocenters. The summed E-state index contributed by atoms with van der Waals surface area (Å²) in [5.41, 5.74) is 1.83. The van der Waals surface area contributed by atoms with E-state index >= 15 is 0 Å². The minimum Gasteiger partial charge on any atom is -0.495 e. The quantitative estimate of drug-likeness (QED) is 0.365. The Hall–Kier alpha value is -4.18. The van der Waals surface area contributed by atoms with Crippen molar-refractivity contribution >= 4 is 35.0 Å². The second kappa shape index (κ2) is 10.6. The normalized spacial score (nSPS) is 10.5. The molecule has 0 saturated carbocycles. The van der Waals surface area contributed by atoms with E-state index in [0.717, 1.165) is 5.69 Å². The van der Waals surface area contributed by atoms with E-state index in [9.17, 15) is 14.0 Å². The zero-order valence-electron chi connectivity index (χ0n) is 18.1. The Morgan fingerprint density at radius 2 is 1.74 bits per heavy atom. The number of hydrogen-bond acceptors (Lipinski definition) is 6. The van der Waals surface area contributed by atoms with Crippen LogP contribution in [0.25, 0.3) is 5.69 Å². The summed E-state index contributed by atoms with van der Waals surface area (Å²) in [5, 5.41) is 14.0. The molecule has 1 heterocycles. The number of anilines is 2. The largest absolute Gasteiger partial charge is 0.495 e. The molecule has 172 valence electrons. The standard InChI is InChI=1S/C24H20FN5O3S/c1-33-21-9-5-4-8-20(21)30-15-26-29-24(30)34-14-22(31)28-19-7-3-2-6-18(19)23(32)27-17-12-10-16(25)11-13-17/h2-13,15H,14H2,1H3,(H,27,32)(H,28,31). The van der Waals surface area contributed by atoms with Crippen LogP contribution in [0, 0.1) is 5.82 Å². The van der Waals surface area contributed by atoms with Crippen molar-refractivity contribution in [2.75, 3.05) is 23.5 Å². The van der Waals surface area contributed by atoms with Crippen LogP contribution in [0.15, 0.2) is 84.3 Å². The number of ether oxygens (including phenoxy) is 1. The summed E-state index contributed by atoms with van der Waals surface area (Å²) >= 11 is 1.20. The molecule has 0 unspecified atom stereocenters. The smallest absolute Gasteiger partial charge is 0.257 e. The van der Waals surface area contributed by atoms with Gasteiger partial charge in [0.15, 0.2) is 5.16 Å². The maximum atomic E-state index is 13.1. The van der Waals surface area contributed by atoms with Crippen molar-refractivity contribution in [1.29, 1.82) is 0 Å². The molecule has 0 bridgehead atoms. The monoisotopic (exact) mass is 477 g/mol. The van der Waals surface area contributed by atoms with E-state index in [2.05, 4.69) is 20.8 Å². The number of halogens is 1. The topological polar surface area (TPSA) is 98.1 Å². The molecular weight excluding hydrogens is 457 g/mol. The number of methoxy groups -OCH3 is 1. The average Bonchev–Trinajstić information content (AvgIpc) is 3.33. The summed E-state index contributed by atoms with van der Waals surface area (Å²) in [6.45, 7) is 0. The van der Waals surface area contributed by atoms with Crippen LogP contribution in [0.2, 0.25) is 0 Å². The van der Waals surface area contributed by atoms with Crippen molar-refractivity contribution < 1.29 is 18.7 Å². The summed E-state index contributed by atoms with van der Waals surface area (Å²) in [4.78, 5) is 25.4. The Morgan fingerprint density at radius 1 is 1.00 bits per heavy atom. The third kappa shape index (κ3) is 5.41. The number of carbonyl (C=O) groups is 2. The number of nitrogens with zero attached hydrogens (tertiary/aromatic N) is 3. The summed E-state index contributed by atoms with van der Waals surface area (Å²) < 4.78 is 20.2. The highest BCUT2D eigenvalue weighted by atomic mass is 32.2. The van der Waals surface area contributed by atoms with Gasteiger partial charge in [-0.25, -0.2) is 4.39 Å². The number of thioether (sulfide) groups is 1. The summed E-state index contributed by atoms with van der Waals surface area (Å²) in [6.07, 6.45) is 1.55. The summed E-state index contributed by atoms with van der Waals surface area (Å²) in [7, 11) is 1.58. The lowest BCUT2D eigenvalue weighted by Crippen LogP contribution is -2.19. The van der Waals surface area contributed by atoms with E-state index in [-0.39, 0.29) is 17.2 Å². The second-order valence-corrected chi connectivity index (χ2v) is 7.94. The Morgan fingerprint density at radius 3 is 2.53 bits per heavy atom. The molecule has 2 amide bonds. The van der Waals surface area contributed by atoms with E-state index in [1.807, 2.05) is 24.3 Å². The summed E-state index contributed by atoms with van der Waals surface area (Å²) in [5.74, 6) is -0.450. The Labute approximate surface area is 199 Å².